The molecule has 0 aromatic heterocycles. The van der Waals surface area contributed by atoms with E-state index >= 15 is 0 Å². The van der Waals surface area contributed by atoms with Crippen LogP contribution in [-0.4, -0.2) is 24.9 Å². The molecule has 3 N–H and O–H groups in total. The minimum absolute atomic E-state index is 0.0999. The Labute approximate surface area is 135 Å². The van der Waals surface area contributed by atoms with Gasteiger partial charge in [-0.2, -0.15) is 0 Å². The lowest BCUT2D eigenvalue weighted by Crippen LogP contribution is -2.18. The van der Waals surface area contributed by atoms with E-state index in [-0.39, 0.29) is 5.92 Å². The molecular weight excluding hydrogens is 320 g/mol. The minimum atomic E-state index is -3.34. The topological polar surface area (TPSA) is 78.4 Å². The Bertz CT molecular complexity index is 804. The van der Waals surface area contributed by atoms with E-state index in [1.807, 2.05) is 42.7 Å². The number of rotatable bonds is 5. The van der Waals surface area contributed by atoms with Gasteiger partial charge < -0.3 is 0 Å². The number of nitrogens with one attached hydrogen (secondary N) is 2. The molecule has 0 heterocycles. The van der Waals surface area contributed by atoms with Crippen molar-refractivity contribution in [3.8, 4) is 0 Å². The molecule has 0 bridgehead atoms. The molecular formula is C15H18N2O3S2. The second-order valence-corrected chi connectivity index (χ2v) is 7.54. The van der Waals surface area contributed by atoms with Crippen molar-refractivity contribution >= 4 is 43.7 Å². The van der Waals surface area contributed by atoms with E-state index < -0.39 is 10.0 Å². The largest absolute Gasteiger partial charge is 0.291 e. The zero-order valence-corrected chi connectivity index (χ0v) is 14.0. The van der Waals surface area contributed by atoms with Crippen LogP contribution in [0.25, 0.3) is 10.8 Å². The smallest absolute Gasteiger partial charge is 0.229 e. The Morgan fingerprint density at radius 3 is 2.68 bits per heavy atom. The Morgan fingerprint density at radius 1 is 1.32 bits per heavy atom. The van der Waals surface area contributed by atoms with Gasteiger partial charge in [0, 0.05) is 11.8 Å². The van der Waals surface area contributed by atoms with Crippen molar-refractivity contribution in [3.05, 3.63) is 42.0 Å². The minimum Gasteiger partial charge on any atom is -0.291 e. The highest BCUT2D eigenvalue weighted by Crippen LogP contribution is 2.29. The van der Waals surface area contributed by atoms with E-state index in [9.17, 15) is 8.42 Å². The van der Waals surface area contributed by atoms with Crippen molar-refractivity contribution < 1.29 is 13.6 Å². The van der Waals surface area contributed by atoms with Crippen molar-refractivity contribution in [1.29, 1.82) is 0 Å². The summed E-state index contributed by atoms with van der Waals surface area (Å²) < 4.78 is 25.5. The Hall–Kier alpha value is -1.70. The van der Waals surface area contributed by atoms with E-state index in [4.69, 9.17) is 17.4 Å². The number of sulfonamides is 1. The van der Waals surface area contributed by atoms with Gasteiger partial charge in [0.15, 0.2) is 0 Å². The molecule has 0 fully saturated rings. The van der Waals surface area contributed by atoms with Gasteiger partial charge >= 0.3 is 0 Å². The summed E-state index contributed by atoms with van der Waals surface area (Å²) in [6.07, 6.45) is 1.64. The maximum Gasteiger partial charge on any atom is 0.229 e. The number of hydrogen-bond acceptors (Lipinski definition) is 4. The third-order valence-electron chi connectivity index (χ3n) is 3.39. The summed E-state index contributed by atoms with van der Waals surface area (Å²) >= 11 is 4.97. The Kier molecular flexibility index (Phi) is 5.00. The zero-order valence-electron chi connectivity index (χ0n) is 12.3. The molecule has 118 valence electrons. The first-order valence-electron chi connectivity index (χ1n) is 6.73. The van der Waals surface area contributed by atoms with Gasteiger partial charge in [-0.3, -0.25) is 15.4 Å². The van der Waals surface area contributed by atoms with E-state index in [2.05, 4.69) is 4.72 Å². The van der Waals surface area contributed by atoms with Crippen molar-refractivity contribution in [3.63, 3.8) is 0 Å². The summed E-state index contributed by atoms with van der Waals surface area (Å²) in [5.41, 5.74) is 3.56. The van der Waals surface area contributed by atoms with E-state index in [0.29, 0.717) is 17.1 Å². The van der Waals surface area contributed by atoms with Crippen LogP contribution in [0.2, 0.25) is 0 Å². The predicted molar refractivity (Wildman–Crippen MR) is 93.0 cm³/mol. The fraction of sp³-hybridized carbons (Fsp3) is 0.267. The zero-order chi connectivity index (χ0) is 16.3. The lowest BCUT2D eigenvalue weighted by atomic mass is 9.95. The van der Waals surface area contributed by atoms with Crippen molar-refractivity contribution in [2.75, 3.05) is 11.0 Å². The van der Waals surface area contributed by atoms with Crippen LogP contribution in [0.3, 0.4) is 0 Å². The highest BCUT2D eigenvalue weighted by Gasteiger charge is 2.11. The highest BCUT2D eigenvalue weighted by atomic mass is 32.2. The number of fused-ring (bicyclic) bond motifs is 1. The van der Waals surface area contributed by atoms with Crippen LogP contribution in [-0.2, 0) is 10.0 Å². The fourth-order valence-electron chi connectivity index (χ4n) is 2.33. The highest BCUT2D eigenvalue weighted by molar-refractivity contribution is 7.92. The first-order chi connectivity index (χ1) is 10.3. The molecule has 0 saturated heterocycles. The van der Waals surface area contributed by atoms with Gasteiger partial charge in [0.05, 0.1) is 11.9 Å². The standard InChI is InChI=1S/C15H18N2O3S2/c1-10(8-15(21)16-18)12-7-6-11-4-3-5-14(13(11)9-12)17-22(2,19)20/h3-7,9-10,17-18H,8H2,1-2H3,(H,16,21). The van der Waals surface area contributed by atoms with Gasteiger partial charge in [0.1, 0.15) is 4.99 Å². The first-order valence-corrected chi connectivity index (χ1v) is 9.03. The summed E-state index contributed by atoms with van der Waals surface area (Å²) in [7, 11) is -3.34. The molecule has 2 aromatic rings. The summed E-state index contributed by atoms with van der Waals surface area (Å²) in [4.78, 5) is 0.371. The lowest BCUT2D eigenvalue weighted by molar-refractivity contribution is 0.234. The average molecular weight is 338 g/mol. The molecule has 0 aliphatic heterocycles. The lowest BCUT2D eigenvalue weighted by Gasteiger charge is -2.14. The number of anilines is 1. The normalized spacial score (nSPS) is 12.9. The number of benzene rings is 2. The van der Waals surface area contributed by atoms with Gasteiger partial charge in [-0.1, -0.05) is 43.4 Å². The van der Waals surface area contributed by atoms with Crippen LogP contribution < -0.4 is 10.2 Å². The van der Waals surface area contributed by atoms with Crippen LogP contribution >= 0.6 is 12.2 Å². The molecule has 7 heteroatoms. The van der Waals surface area contributed by atoms with Crippen LogP contribution in [0.5, 0.6) is 0 Å². The van der Waals surface area contributed by atoms with Gasteiger partial charge in [0.25, 0.3) is 0 Å². The van der Waals surface area contributed by atoms with Gasteiger partial charge in [-0.15, -0.1) is 0 Å². The molecule has 0 saturated carbocycles. The number of thiocarbonyl (C=S) groups is 1. The predicted octanol–water partition coefficient (Wildman–Crippen LogP) is 3.01. The molecule has 0 aliphatic carbocycles. The van der Waals surface area contributed by atoms with E-state index in [1.165, 1.54) is 0 Å². The number of hydroxylamine groups is 1. The fourth-order valence-corrected chi connectivity index (χ4v) is 3.15. The Balaban J connectivity index is 2.43. The molecule has 0 amide bonds. The van der Waals surface area contributed by atoms with Crippen molar-refractivity contribution in [2.24, 2.45) is 0 Å². The molecule has 5 nitrogen and oxygen atoms in total. The van der Waals surface area contributed by atoms with Crippen molar-refractivity contribution in [1.82, 2.24) is 5.48 Å². The average Bonchev–Trinajstić information content (AvgIpc) is 2.45. The molecule has 2 aromatic carbocycles. The SMILES string of the molecule is CC(CC(=S)NO)c1ccc2cccc(NS(C)(=O)=O)c2c1. The van der Waals surface area contributed by atoms with Gasteiger partial charge in [-0.05, 0) is 29.0 Å². The summed E-state index contributed by atoms with van der Waals surface area (Å²) in [5, 5.41) is 10.6. The maximum absolute atomic E-state index is 11.5. The van der Waals surface area contributed by atoms with Crippen molar-refractivity contribution in [2.45, 2.75) is 19.3 Å². The summed E-state index contributed by atoms with van der Waals surface area (Å²) in [6, 6.07) is 11.4. The summed E-state index contributed by atoms with van der Waals surface area (Å²) in [5.74, 6) is 0.0999. The quantitative estimate of drug-likeness (QED) is 0.577. The molecule has 22 heavy (non-hydrogen) atoms. The molecule has 0 aliphatic rings. The maximum atomic E-state index is 11.5. The van der Waals surface area contributed by atoms with Crippen LogP contribution in [0, 0.1) is 0 Å². The monoisotopic (exact) mass is 338 g/mol. The van der Waals surface area contributed by atoms with Crippen LogP contribution in [0.15, 0.2) is 36.4 Å². The molecule has 0 radical (unpaired) electrons. The van der Waals surface area contributed by atoms with Crippen LogP contribution in [0.1, 0.15) is 24.8 Å². The molecule has 0 spiro atoms. The van der Waals surface area contributed by atoms with Gasteiger partial charge in [-0.25, -0.2) is 8.42 Å². The second kappa shape index (κ2) is 6.60. The third-order valence-corrected chi connectivity index (χ3v) is 4.24. The van der Waals surface area contributed by atoms with Gasteiger partial charge in [0.2, 0.25) is 10.0 Å². The number of hydrogen-bond donors (Lipinski definition) is 3. The third kappa shape index (κ3) is 4.16. The van der Waals surface area contributed by atoms with E-state index in [0.717, 1.165) is 22.6 Å². The molecule has 2 rings (SSSR count). The molecule has 1 unspecified atom stereocenters. The summed E-state index contributed by atoms with van der Waals surface area (Å²) in [6.45, 7) is 2.00. The molecule has 1 atom stereocenters. The van der Waals surface area contributed by atoms with E-state index in [1.54, 1.807) is 6.07 Å². The Morgan fingerprint density at radius 2 is 2.05 bits per heavy atom. The van der Waals surface area contributed by atoms with Crippen LogP contribution in [0.4, 0.5) is 5.69 Å². The second-order valence-electron chi connectivity index (χ2n) is 5.30. The first kappa shape index (κ1) is 16.7.